The Bertz CT molecular complexity index is 303. The molecule has 5 atom stereocenters. The Morgan fingerprint density at radius 3 is 2.29 bits per heavy atom. The summed E-state index contributed by atoms with van der Waals surface area (Å²) in [6.45, 7) is 8.69. The minimum atomic E-state index is -0.211. The third-order valence-corrected chi connectivity index (χ3v) is 5.29. The number of rotatable bonds is 3. The van der Waals surface area contributed by atoms with Gasteiger partial charge in [-0.25, -0.2) is 0 Å². The van der Waals surface area contributed by atoms with Gasteiger partial charge in [-0.2, -0.15) is 0 Å². The average Bonchev–Trinajstić information content (AvgIpc) is 3.14. The summed E-state index contributed by atoms with van der Waals surface area (Å²) in [4.78, 5) is 9.82. The van der Waals surface area contributed by atoms with E-state index in [1.807, 2.05) is 21.0 Å². The van der Waals surface area contributed by atoms with Crippen LogP contribution in [0.5, 0.6) is 0 Å². The van der Waals surface area contributed by atoms with Crippen molar-refractivity contribution >= 4 is 5.97 Å². The zero-order chi connectivity index (χ0) is 15.8. The molecule has 0 amide bonds. The normalized spacial score (nSPS) is 35.2. The molecule has 0 aromatic heterocycles. The fourth-order valence-electron chi connectivity index (χ4n) is 4.82. The highest BCUT2D eigenvalue weighted by Gasteiger charge is 2.53. The van der Waals surface area contributed by atoms with E-state index in [1.165, 1.54) is 26.2 Å². The lowest BCUT2D eigenvalue weighted by atomic mass is 9.76. The number of fused-ring (bicyclic) bond motifs is 5. The largest absolute Gasteiger partial charge is 0.466 e. The van der Waals surface area contributed by atoms with Gasteiger partial charge in [0, 0.05) is 20.6 Å². The van der Waals surface area contributed by atoms with Crippen LogP contribution in [-0.2, 0) is 14.3 Å². The topological polar surface area (TPSA) is 35.5 Å². The van der Waals surface area contributed by atoms with Crippen molar-refractivity contribution in [3.05, 3.63) is 0 Å². The SMILES string of the molecule is CC.CCOC(C)=O.COCC1CC2CC1C1CCCC21. The number of hydrogen-bond donors (Lipinski definition) is 0. The average molecular weight is 298 g/mol. The first kappa shape index (κ1) is 18.5. The minimum absolute atomic E-state index is 0.211. The second-order valence-electron chi connectivity index (χ2n) is 6.29. The number of methoxy groups -OCH3 is 1. The van der Waals surface area contributed by atoms with Crippen LogP contribution in [0.25, 0.3) is 0 Å². The van der Waals surface area contributed by atoms with Crippen molar-refractivity contribution in [1.82, 2.24) is 0 Å². The first-order valence-electron chi connectivity index (χ1n) is 8.79. The molecule has 3 heteroatoms. The Morgan fingerprint density at radius 1 is 1.10 bits per heavy atom. The molecule has 3 rings (SSSR count). The van der Waals surface area contributed by atoms with Gasteiger partial charge in [-0.3, -0.25) is 4.79 Å². The summed E-state index contributed by atoms with van der Waals surface area (Å²) in [7, 11) is 1.86. The summed E-state index contributed by atoms with van der Waals surface area (Å²) in [5, 5.41) is 0. The van der Waals surface area contributed by atoms with Gasteiger partial charge in [-0.1, -0.05) is 20.3 Å². The molecule has 3 fully saturated rings. The van der Waals surface area contributed by atoms with Crippen molar-refractivity contribution in [2.24, 2.45) is 29.6 Å². The molecule has 3 saturated carbocycles. The lowest BCUT2D eigenvalue weighted by Crippen LogP contribution is -2.26. The van der Waals surface area contributed by atoms with E-state index < -0.39 is 0 Å². The number of hydrogen-bond acceptors (Lipinski definition) is 3. The molecule has 0 aromatic carbocycles. The fraction of sp³-hybridized carbons (Fsp3) is 0.944. The van der Waals surface area contributed by atoms with Crippen molar-refractivity contribution in [3.8, 4) is 0 Å². The molecule has 0 radical (unpaired) electrons. The second-order valence-corrected chi connectivity index (χ2v) is 6.29. The highest BCUT2D eigenvalue weighted by molar-refractivity contribution is 5.65. The molecule has 2 bridgehead atoms. The van der Waals surface area contributed by atoms with E-state index >= 15 is 0 Å². The number of carbonyl (C=O) groups excluding carboxylic acids is 1. The van der Waals surface area contributed by atoms with Gasteiger partial charge in [0.25, 0.3) is 0 Å². The molecule has 3 nitrogen and oxygen atoms in total. The second kappa shape index (κ2) is 9.45. The van der Waals surface area contributed by atoms with Crippen LogP contribution in [0.2, 0.25) is 0 Å². The lowest BCUT2D eigenvalue weighted by Gasteiger charge is -2.31. The van der Waals surface area contributed by atoms with Gasteiger partial charge in [0.1, 0.15) is 0 Å². The predicted octanol–water partition coefficient (Wildman–Crippen LogP) is 4.30. The molecule has 0 saturated heterocycles. The summed E-state index contributed by atoms with van der Waals surface area (Å²) < 4.78 is 9.73. The van der Waals surface area contributed by atoms with Gasteiger partial charge < -0.3 is 9.47 Å². The van der Waals surface area contributed by atoms with E-state index in [2.05, 4.69) is 4.74 Å². The van der Waals surface area contributed by atoms with E-state index in [-0.39, 0.29) is 5.97 Å². The van der Waals surface area contributed by atoms with Gasteiger partial charge in [0.2, 0.25) is 0 Å². The van der Waals surface area contributed by atoms with Crippen LogP contribution in [0, 0.1) is 29.6 Å². The molecule has 0 aromatic rings. The quantitative estimate of drug-likeness (QED) is 0.729. The highest BCUT2D eigenvalue weighted by Crippen LogP contribution is 2.60. The third-order valence-electron chi connectivity index (χ3n) is 5.29. The van der Waals surface area contributed by atoms with Crippen molar-refractivity contribution in [1.29, 1.82) is 0 Å². The van der Waals surface area contributed by atoms with E-state index in [9.17, 15) is 4.79 Å². The minimum Gasteiger partial charge on any atom is -0.466 e. The van der Waals surface area contributed by atoms with Crippen LogP contribution in [0.1, 0.15) is 59.8 Å². The Morgan fingerprint density at radius 2 is 1.76 bits per heavy atom. The van der Waals surface area contributed by atoms with Crippen molar-refractivity contribution in [2.75, 3.05) is 20.3 Å². The molecule has 3 aliphatic rings. The molecule has 3 aliphatic carbocycles. The molecule has 0 spiro atoms. The summed E-state index contributed by atoms with van der Waals surface area (Å²) in [5.41, 5.74) is 0. The molecule has 5 unspecified atom stereocenters. The van der Waals surface area contributed by atoms with E-state index in [4.69, 9.17) is 4.74 Å². The lowest BCUT2D eigenvalue weighted by molar-refractivity contribution is -0.140. The Kier molecular flexibility index (Phi) is 8.31. The van der Waals surface area contributed by atoms with Crippen molar-refractivity contribution in [3.63, 3.8) is 0 Å². The zero-order valence-corrected chi connectivity index (χ0v) is 14.6. The maximum atomic E-state index is 9.82. The van der Waals surface area contributed by atoms with Gasteiger partial charge in [0.05, 0.1) is 6.61 Å². The van der Waals surface area contributed by atoms with Gasteiger partial charge in [0.15, 0.2) is 0 Å². The number of esters is 1. The van der Waals surface area contributed by atoms with Crippen LogP contribution >= 0.6 is 0 Å². The molecule has 21 heavy (non-hydrogen) atoms. The van der Waals surface area contributed by atoms with Crippen molar-refractivity contribution in [2.45, 2.75) is 59.8 Å². The van der Waals surface area contributed by atoms with Gasteiger partial charge >= 0.3 is 5.97 Å². The van der Waals surface area contributed by atoms with Crippen LogP contribution in [0.3, 0.4) is 0 Å². The maximum absolute atomic E-state index is 9.82. The standard InChI is InChI=1S/C12H20O.C4H8O2.C2H6/c1-13-7-9-5-8-6-12(9)11-4-2-3-10(8)11;1-3-6-4(2)5;1-2/h8-12H,2-7H2,1H3;3H2,1-2H3;1-2H3. The highest BCUT2D eigenvalue weighted by atomic mass is 16.5. The van der Waals surface area contributed by atoms with Gasteiger partial charge in [-0.05, 0) is 62.2 Å². The van der Waals surface area contributed by atoms with Crippen LogP contribution < -0.4 is 0 Å². The molecular formula is C18H34O3. The number of ether oxygens (including phenoxy) is 2. The Labute approximate surface area is 130 Å². The van der Waals surface area contributed by atoms with Crippen LogP contribution in [-0.4, -0.2) is 26.3 Å². The maximum Gasteiger partial charge on any atom is 0.302 e. The third kappa shape index (κ3) is 4.70. The van der Waals surface area contributed by atoms with Crippen LogP contribution in [0.4, 0.5) is 0 Å². The van der Waals surface area contributed by atoms with Crippen LogP contribution in [0.15, 0.2) is 0 Å². The predicted molar refractivity (Wildman–Crippen MR) is 86.1 cm³/mol. The molecule has 0 aliphatic heterocycles. The van der Waals surface area contributed by atoms with Crippen molar-refractivity contribution < 1.29 is 14.3 Å². The zero-order valence-electron chi connectivity index (χ0n) is 14.6. The molecule has 0 heterocycles. The molecule has 124 valence electrons. The Balaban J connectivity index is 0.000000237. The molecule has 0 N–H and O–H groups in total. The first-order chi connectivity index (χ1) is 10.2. The molecular weight excluding hydrogens is 264 g/mol. The first-order valence-corrected chi connectivity index (χ1v) is 8.79. The monoisotopic (exact) mass is 298 g/mol. The smallest absolute Gasteiger partial charge is 0.302 e. The summed E-state index contributed by atoms with van der Waals surface area (Å²) in [6, 6.07) is 0. The fourth-order valence-corrected chi connectivity index (χ4v) is 4.82. The van der Waals surface area contributed by atoms with E-state index in [1.54, 1.807) is 19.8 Å². The summed E-state index contributed by atoms with van der Waals surface area (Å²) >= 11 is 0. The number of carbonyl (C=O) groups is 1. The summed E-state index contributed by atoms with van der Waals surface area (Å²) in [5.74, 6) is 5.11. The van der Waals surface area contributed by atoms with E-state index in [0.29, 0.717) is 6.61 Å². The Hall–Kier alpha value is -0.570. The summed E-state index contributed by atoms with van der Waals surface area (Å²) in [6.07, 6.45) is 7.63. The van der Waals surface area contributed by atoms with Gasteiger partial charge in [-0.15, -0.1) is 0 Å². The van der Waals surface area contributed by atoms with E-state index in [0.717, 1.165) is 36.2 Å².